The summed E-state index contributed by atoms with van der Waals surface area (Å²) in [4.78, 5) is 28.9. The summed E-state index contributed by atoms with van der Waals surface area (Å²) in [6.07, 6.45) is 3.86. The Hall–Kier alpha value is -3.07. The van der Waals surface area contributed by atoms with E-state index in [4.69, 9.17) is 23.2 Å². The molecule has 3 aromatic rings. The maximum absolute atomic E-state index is 14.1. The van der Waals surface area contributed by atoms with Gasteiger partial charge in [0.05, 0.1) is 10.6 Å². The molecule has 2 amide bonds. The molecule has 0 spiro atoms. The van der Waals surface area contributed by atoms with Gasteiger partial charge < -0.3 is 10.2 Å². The third kappa shape index (κ3) is 7.42. The van der Waals surface area contributed by atoms with E-state index in [0.717, 1.165) is 41.1 Å². The summed E-state index contributed by atoms with van der Waals surface area (Å²) < 4.78 is 29.0. The minimum absolute atomic E-state index is 0.0523. The van der Waals surface area contributed by atoms with Crippen molar-refractivity contribution in [2.75, 3.05) is 10.8 Å². The lowest BCUT2D eigenvalue weighted by Crippen LogP contribution is -2.52. The number of benzene rings is 3. The normalized spacial score (nSPS) is 14.5. The molecule has 0 bridgehead atoms. The Morgan fingerprint density at radius 3 is 2.15 bits per heavy atom. The fourth-order valence-electron chi connectivity index (χ4n) is 4.98. The lowest BCUT2D eigenvalue weighted by atomic mass is 10.1. The second-order valence-corrected chi connectivity index (χ2v) is 13.2. The van der Waals surface area contributed by atoms with Gasteiger partial charge in [-0.15, -0.1) is 0 Å². The quantitative estimate of drug-likeness (QED) is 0.291. The third-order valence-corrected chi connectivity index (χ3v) is 9.93. The first-order valence-electron chi connectivity index (χ1n) is 13.7. The molecule has 10 heteroatoms. The standard InChI is InChI=1S/C31H35Cl2N3O4S/c1-21-14-16-26(17-15-21)41(39,40)36(25-11-6-8-22(2)18-25)20-30(37)35(19-27-28(32)12-7-13-29(27)33)23(3)31(38)34-24-9-4-5-10-24/h6-8,11-18,23-24H,4-5,9-10,19-20H2,1-3H3,(H,34,38). The Morgan fingerprint density at radius 2 is 1.54 bits per heavy atom. The van der Waals surface area contributed by atoms with Gasteiger partial charge in [0.15, 0.2) is 0 Å². The van der Waals surface area contributed by atoms with Gasteiger partial charge in [-0.05, 0) is 75.6 Å². The van der Waals surface area contributed by atoms with Gasteiger partial charge in [0.25, 0.3) is 10.0 Å². The number of rotatable bonds is 10. The second-order valence-electron chi connectivity index (χ2n) is 10.6. The minimum atomic E-state index is -4.14. The Balaban J connectivity index is 1.72. The third-order valence-electron chi connectivity index (χ3n) is 7.44. The number of hydrogen-bond acceptors (Lipinski definition) is 4. The molecule has 0 aliphatic heterocycles. The van der Waals surface area contributed by atoms with Crippen molar-refractivity contribution in [3.63, 3.8) is 0 Å². The van der Waals surface area contributed by atoms with Crippen molar-refractivity contribution in [3.05, 3.63) is 93.5 Å². The van der Waals surface area contributed by atoms with E-state index in [-0.39, 0.29) is 23.4 Å². The monoisotopic (exact) mass is 615 g/mol. The van der Waals surface area contributed by atoms with Crippen molar-refractivity contribution in [3.8, 4) is 0 Å². The van der Waals surface area contributed by atoms with Gasteiger partial charge in [-0.25, -0.2) is 8.42 Å². The van der Waals surface area contributed by atoms with Crippen molar-refractivity contribution in [1.29, 1.82) is 0 Å². The van der Waals surface area contributed by atoms with Gasteiger partial charge in [0, 0.05) is 28.2 Å². The van der Waals surface area contributed by atoms with Gasteiger partial charge in [-0.2, -0.15) is 0 Å². The molecule has 3 aromatic carbocycles. The van der Waals surface area contributed by atoms with Crippen LogP contribution in [0.2, 0.25) is 10.0 Å². The van der Waals surface area contributed by atoms with Crippen molar-refractivity contribution >= 4 is 50.7 Å². The van der Waals surface area contributed by atoms with Crippen LogP contribution in [0.1, 0.15) is 49.3 Å². The predicted octanol–water partition coefficient (Wildman–Crippen LogP) is 6.28. The van der Waals surface area contributed by atoms with Crippen LogP contribution in [0, 0.1) is 13.8 Å². The van der Waals surface area contributed by atoms with E-state index in [9.17, 15) is 18.0 Å². The average molecular weight is 617 g/mol. The van der Waals surface area contributed by atoms with Gasteiger partial charge in [0.2, 0.25) is 11.8 Å². The molecule has 0 aromatic heterocycles. The van der Waals surface area contributed by atoms with E-state index in [2.05, 4.69) is 5.32 Å². The van der Waals surface area contributed by atoms with E-state index in [1.165, 1.54) is 17.0 Å². The second kappa shape index (κ2) is 13.3. The molecule has 1 unspecified atom stereocenters. The maximum atomic E-state index is 14.1. The van der Waals surface area contributed by atoms with Crippen LogP contribution in [0.15, 0.2) is 71.6 Å². The van der Waals surface area contributed by atoms with Gasteiger partial charge in [0.1, 0.15) is 12.6 Å². The van der Waals surface area contributed by atoms with Crippen LogP contribution in [-0.2, 0) is 26.2 Å². The summed E-state index contributed by atoms with van der Waals surface area (Å²) >= 11 is 12.9. The molecule has 1 fully saturated rings. The highest BCUT2D eigenvalue weighted by Crippen LogP contribution is 2.29. The van der Waals surface area contributed by atoms with E-state index in [1.54, 1.807) is 55.5 Å². The van der Waals surface area contributed by atoms with Gasteiger partial charge >= 0.3 is 0 Å². The minimum Gasteiger partial charge on any atom is -0.352 e. The number of amides is 2. The Kier molecular flexibility index (Phi) is 10.00. The summed E-state index contributed by atoms with van der Waals surface area (Å²) in [7, 11) is -4.14. The molecule has 218 valence electrons. The van der Waals surface area contributed by atoms with Crippen LogP contribution in [-0.4, -0.2) is 43.8 Å². The van der Waals surface area contributed by atoms with E-state index < -0.39 is 28.5 Å². The number of aryl methyl sites for hydroxylation is 2. The molecule has 1 saturated carbocycles. The van der Waals surface area contributed by atoms with Gasteiger partial charge in [-0.3, -0.25) is 13.9 Å². The fraction of sp³-hybridized carbons (Fsp3) is 0.355. The van der Waals surface area contributed by atoms with Crippen LogP contribution in [0.3, 0.4) is 0 Å². The number of nitrogens with one attached hydrogen (secondary N) is 1. The van der Waals surface area contributed by atoms with Crippen molar-refractivity contribution in [2.24, 2.45) is 0 Å². The molecule has 41 heavy (non-hydrogen) atoms. The lowest BCUT2D eigenvalue weighted by Gasteiger charge is -2.33. The highest BCUT2D eigenvalue weighted by Gasteiger charge is 2.34. The number of hydrogen-bond donors (Lipinski definition) is 1. The Bertz CT molecular complexity index is 1490. The van der Waals surface area contributed by atoms with E-state index >= 15 is 0 Å². The molecule has 1 aliphatic rings. The summed E-state index contributed by atoms with van der Waals surface area (Å²) in [6.45, 7) is 4.77. The zero-order chi connectivity index (χ0) is 29.7. The molecule has 0 heterocycles. The number of sulfonamides is 1. The zero-order valence-electron chi connectivity index (χ0n) is 23.4. The molecule has 1 aliphatic carbocycles. The molecule has 1 atom stereocenters. The van der Waals surface area contributed by atoms with Crippen LogP contribution in [0.4, 0.5) is 5.69 Å². The fourth-order valence-corrected chi connectivity index (χ4v) is 6.90. The Labute approximate surface area is 252 Å². The Morgan fingerprint density at radius 1 is 0.927 bits per heavy atom. The van der Waals surface area contributed by atoms with E-state index in [0.29, 0.717) is 21.3 Å². The molecule has 0 radical (unpaired) electrons. The highest BCUT2D eigenvalue weighted by molar-refractivity contribution is 7.92. The topological polar surface area (TPSA) is 86.8 Å². The summed E-state index contributed by atoms with van der Waals surface area (Å²) in [5.41, 5.74) is 2.57. The van der Waals surface area contributed by atoms with Crippen LogP contribution in [0.25, 0.3) is 0 Å². The first kappa shape index (κ1) is 30.9. The molecule has 7 nitrogen and oxygen atoms in total. The van der Waals surface area contributed by atoms with Crippen molar-refractivity contribution in [2.45, 2.75) is 70.0 Å². The number of nitrogens with zero attached hydrogens (tertiary/aromatic N) is 2. The molecular weight excluding hydrogens is 581 g/mol. The highest BCUT2D eigenvalue weighted by atomic mass is 35.5. The zero-order valence-corrected chi connectivity index (χ0v) is 25.8. The largest absolute Gasteiger partial charge is 0.352 e. The maximum Gasteiger partial charge on any atom is 0.264 e. The number of halogens is 2. The summed E-state index contributed by atoms with van der Waals surface area (Å²) in [5.74, 6) is -0.871. The number of carbonyl (C=O) groups is 2. The number of carbonyl (C=O) groups excluding carboxylic acids is 2. The molecular formula is C31H35Cl2N3O4S. The molecule has 0 saturated heterocycles. The predicted molar refractivity (Wildman–Crippen MR) is 164 cm³/mol. The van der Waals surface area contributed by atoms with Crippen molar-refractivity contribution in [1.82, 2.24) is 10.2 Å². The first-order valence-corrected chi connectivity index (χ1v) is 15.9. The van der Waals surface area contributed by atoms with E-state index in [1.807, 2.05) is 19.9 Å². The van der Waals surface area contributed by atoms with Crippen LogP contribution < -0.4 is 9.62 Å². The first-order chi connectivity index (χ1) is 19.5. The van der Waals surface area contributed by atoms with Gasteiger partial charge in [-0.1, -0.05) is 71.9 Å². The van der Waals surface area contributed by atoms with Crippen molar-refractivity contribution < 1.29 is 18.0 Å². The van der Waals surface area contributed by atoms with Crippen LogP contribution in [0.5, 0.6) is 0 Å². The van der Waals surface area contributed by atoms with Crippen LogP contribution >= 0.6 is 23.2 Å². The number of anilines is 1. The molecule has 1 N–H and O–H groups in total. The molecule has 4 rings (SSSR count). The lowest BCUT2D eigenvalue weighted by molar-refractivity contribution is -0.139. The average Bonchev–Trinajstić information content (AvgIpc) is 3.44. The SMILES string of the molecule is Cc1ccc(S(=O)(=O)N(CC(=O)N(Cc2c(Cl)cccc2Cl)C(C)C(=O)NC2CCCC2)c2cccc(C)c2)cc1. The smallest absolute Gasteiger partial charge is 0.264 e. The summed E-state index contributed by atoms with van der Waals surface area (Å²) in [5, 5.41) is 3.75. The summed E-state index contributed by atoms with van der Waals surface area (Å²) in [6, 6.07) is 17.6.